The van der Waals surface area contributed by atoms with Gasteiger partial charge in [-0.25, -0.2) is 0 Å². The number of halogens is 1. The molecule has 1 fully saturated rings. The molecule has 0 saturated carbocycles. The summed E-state index contributed by atoms with van der Waals surface area (Å²) in [5.41, 5.74) is 9.76. The minimum atomic E-state index is 0.0827. The van der Waals surface area contributed by atoms with Crippen LogP contribution in [0.4, 0.5) is 0 Å². The highest BCUT2D eigenvalue weighted by molar-refractivity contribution is 9.10. The highest BCUT2D eigenvalue weighted by atomic mass is 79.9. The minimum absolute atomic E-state index is 0.0827. The first-order valence-electron chi connectivity index (χ1n) is 7.47. The zero-order chi connectivity index (χ0) is 15.9. The Labute approximate surface area is 139 Å². The number of carbonyl (C=O) groups excluding carboxylic acids is 1. The van der Waals surface area contributed by atoms with Crippen molar-refractivity contribution in [2.24, 2.45) is 5.73 Å². The van der Waals surface area contributed by atoms with E-state index in [2.05, 4.69) is 20.5 Å². The number of carbonyl (C=O) groups is 1. The first-order valence-corrected chi connectivity index (χ1v) is 8.27. The number of rotatable bonds is 2. The first kappa shape index (κ1) is 15.3. The van der Waals surface area contributed by atoms with Gasteiger partial charge >= 0.3 is 0 Å². The summed E-state index contributed by atoms with van der Waals surface area (Å²) in [7, 11) is 0. The van der Waals surface area contributed by atoms with Gasteiger partial charge in [0.25, 0.3) is 5.91 Å². The summed E-state index contributed by atoms with van der Waals surface area (Å²) in [5.74, 6) is 0.0827. The second-order valence-corrected chi connectivity index (χ2v) is 6.73. The summed E-state index contributed by atoms with van der Waals surface area (Å²) < 4.78 is 3.13. The normalized spacial score (nSPS) is 18.0. The van der Waals surface area contributed by atoms with Gasteiger partial charge in [-0.1, -0.05) is 12.1 Å². The Bertz CT molecular complexity index is 723. The van der Waals surface area contributed by atoms with Gasteiger partial charge in [0.15, 0.2) is 0 Å². The number of amides is 1. The second-order valence-electron chi connectivity index (χ2n) is 5.87. The summed E-state index contributed by atoms with van der Waals surface area (Å²) in [6, 6.07) is 10.1. The number of benzene rings is 1. The van der Waals surface area contributed by atoms with Crippen LogP contribution >= 0.6 is 15.9 Å². The summed E-state index contributed by atoms with van der Waals surface area (Å²) in [4.78, 5) is 14.6. The van der Waals surface area contributed by atoms with Gasteiger partial charge in [0.05, 0.1) is 11.3 Å². The average Bonchev–Trinajstić information content (AvgIpc) is 3.04. The van der Waals surface area contributed by atoms with E-state index < -0.39 is 0 Å². The Balaban J connectivity index is 2.01. The minimum Gasteiger partial charge on any atom is -0.337 e. The summed E-state index contributed by atoms with van der Waals surface area (Å²) in [6.45, 7) is 5.42. The third kappa shape index (κ3) is 2.59. The Morgan fingerprint density at radius 2 is 2.05 bits per heavy atom. The molecule has 0 unspecified atom stereocenters. The average molecular weight is 362 g/mol. The molecule has 1 aliphatic rings. The number of likely N-dealkylation sites (tertiary alicyclic amines) is 1. The number of aryl methyl sites for hydroxylation is 1. The smallest absolute Gasteiger partial charge is 0.255 e. The quantitative estimate of drug-likeness (QED) is 0.893. The fourth-order valence-electron chi connectivity index (χ4n) is 3.13. The number of hydrogen-bond acceptors (Lipinski definition) is 2. The van der Waals surface area contributed by atoms with Crippen LogP contribution in [0.3, 0.4) is 0 Å². The number of nitrogens with two attached hydrogens (primary N) is 1. The molecule has 3 rings (SSSR count). The predicted octanol–water partition coefficient (Wildman–Crippen LogP) is 3.03. The van der Waals surface area contributed by atoms with Crippen molar-refractivity contribution < 1.29 is 4.79 Å². The lowest BCUT2D eigenvalue weighted by Crippen LogP contribution is -2.32. The molecule has 0 spiro atoms. The molecule has 116 valence electrons. The van der Waals surface area contributed by atoms with Gasteiger partial charge in [0.1, 0.15) is 0 Å². The van der Waals surface area contributed by atoms with Crippen LogP contribution in [0.5, 0.6) is 0 Å². The van der Waals surface area contributed by atoms with E-state index in [1.807, 2.05) is 49.1 Å². The van der Waals surface area contributed by atoms with Crippen molar-refractivity contribution in [2.75, 3.05) is 13.1 Å². The van der Waals surface area contributed by atoms with Gasteiger partial charge < -0.3 is 15.2 Å². The lowest BCUT2D eigenvalue weighted by Gasteiger charge is -2.16. The Hall–Kier alpha value is -1.59. The monoisotopic (exact) mass is 361 g/mol. The van der Waals surface area contributed by atoms with Crippen LogP contribution < -0.4 is 5.73 Å². The van der Waals surface area contributed by atoms with Crippen LogP contribution in [0.2, 0.25) is 0 Å². The van der Waals surface area contributed by atoms with Crippen LogP contribution in [0.25, 0.3) is 5.69 Å². The largest absolute Gasteiger partial charge is 0.337 e. The Kier molecular flexibility index (Phi) is 4.10. The number of para-hydroxylation sites is 1. The van der Waals surface area contributed by atoms with Crippen molar-refractivity contribution in [1.29, 1.82) is 0 Å². The van der Waals surface area contributed by atoms with Gasteiger partial charge in [-0.05, 0) is 54.4 Å². The van der Waals surface area contributed by atoms with E-state index in [9.17, 15) is 4.79 Å². The zero-order valence-corrected chi connectivity index (χ0v) is 14.4. The third-order valence-electron chi connectivity index (χ3n) is 4.27. The lowest BCUT2D eigenvalue weighted by atomic mass is 10.2. The van der Waals surface area contributed by atoms with E-state index >= 15 is 0 Å². The van der Waals surface area contributed by atoms with Gasteiger partial charge in [0.2, 0.25) is 0 Å². The lowest BCUT2D eigenvalue weighted by molar-refractivity contribution is 0.0790. The molecule has 0 bridgehead atoms. The molecule has 1 aliphatic heterocycles. The van der Waals surface area contributed by atoms with Gasteiger partial charge in [0, 0.05) is 35.0 Å². The van der Waals surface area contributed by atoms with Crippen molar-refractivity contribution in [3.05, 3.63) is 51.8 Å². The zero-order valence-electron chi connectivity index (χ0n) is 12.8. The Morgan fingerprint density at radius 1 is 1.32 bits per heavy atom. The molecule has 0 radical (unpaired) electrons. The summed E-state index contributed by atoms with van der Waals surface area (Å²) >= 11 is 3.59. The van der Waals surface area contributed by atoms with E-state index in [0.29, 0.717) is 6.54 Å². The molecule has 1 atom stereocenters. The van der Waals surface area contributed by atoms with Gasteiger partial charge in [-0.2, -0.15) is 0 Å². The Morgan fingerprint density at radius 3 is 2.68 bits per heavy atom. The van der Waals surface area contributed by atoms with Crippen LogP contribution in [-0.2, 0) is 0 Å². The van der Waals surface area contributed by atoms with Gasteiger partial charge in [-0.15, -0.1) is 0 Å². The maximum absolute atomic E-state index is 12.7. The second kappa shape index (κ2) is 5.89. The first-order chi connectivity index (χ1) is 10.5. The molecule has 22 heavy (non-hydrogen) atoms. The highest BCUT2D eigenvalue weighted by Crippen LogP contribution is 2.27. The number of nitrogens with zero attached hydrogens (tertiary/aromatic N) is 2. The molecule has 1 aromatic carbocycles. The summed E-state index contributed by atoms with van der Waals surface area (Å²) in [6.07, 6.45) is 0.884. The van der Waals surface area contributed by atoms with E-state index in [0.717, 1.165) is 40.1 Å². The van der Waals surface area contributed by atoms with Crippen molar-refractivity contribution in [2.45, 2.75) is 26.3 Å². The highest BCUT2D eigenvalue weighted by Gasteiger charge is 2.27. The molecule has 5 heteroatoms. The molecule has 4 nitrogen and oxygen atoms in total. The fourth-order valence-corrected chi connectivity index (χ4v) is 3.59. The molecule has 2 heterocycles. The molecule has 1 aromatic heterocycles. The standard InChI is InChI=1S/C17H20BrN3O/c1-11-9-14(17(22)20-8-7-13(19)10-20)12(2)21(11)16-6-4-3-5-15(16)18/h3-6,9,13H,7-8,10,19H2,1-2H3/t13-/m1/s1. The molecule has 0 aliphatic carbocycles. The number of hydrogen-bond donors (Lipinski definition) is 1. The van der Waals surface area contributed by atoms with Crippen molar-refractivity contribution in [3.8, 4) is 5.69 Å². The predicted molar refractivity (Wildman–Crippen MR) is 91.4 cm³/mol. The number of aromatic nitrogens is 1. The molecule has 1 saturated heterocycles. The fraction of sp³-hybridized carbons (Fsp3) is 0.353. The third-order valence-corrected chi connectivity index (χ3v) is 4.94. The maximum atomic E-state index is 12.7. The van der Waals surface area contributed by atoms with E-state index in [1.54, 1.807) is 0 Å². The van der Waals surface area contributed by atoms with Crippen LogP contribution in [0.1, 0.15) is 28.2 Å². The van der Waals surface area contributed by atoms with E-state index in [4.69, 9.17) is 5.73 Å². The molecular formula is C17H20BrN3O. The SMILES string of the molecule is Cc1cc(C(=O)N2CC[C@@H](N)C2)c(C)n1-c1ccccc1Br. The van der Waals surface area contributed by atoms with E-state index in [1.165, 1.54) is 0 Å². The van der Waals surface area contributed by atoms with Crippen molar-refractivity contribution in [1.82, 2.24) is 9.47 Å². The van der Waals surface area contributed by atoms with Crippen LogP contribution in [0.15, 0.2) is 34.8 Å². The molecule has 2 N–H and O–H groups in total. The van der Waals surface area contributed by atoms with Crippen LogP contribution in [-0.4, -0.2) is 34.5 Å². The van der Waals surface area contributed by atoms with Crippen molar-refractivity contribution in [3.63, 3.8) is 0 Å². The van der Waals surface area contributed by atoms with Crippen LogP contribution in [0, 0.1) is 13.8 Å². The maximum Gasteiger partial charge on any atom is 0.255 e. The topological polar surface area (TPSA) is 51.3 Å². The van der Waals surface area contributed by atoms with Gasteiger partial charge in [-0.3, -0.25) is 4.79 Å². The summed E-state index contributed by atoms with van der Waals surface area (Å²) in [5, 5.41) is 0. The molecule has 1 amide bonds. The van der Waals surface area contributed by atoms with E-state index in [-0.39, 0.29) is 11.9 Å². The van der Waals surface area contributed by atoms with Crippen molar-refractivity contribution >= 4 is 21.8 Å². The molecular weight excluding hydrogens is 342 g/mol. The molecule has 2 aromatic rings.